The van der Waals surface area contributed by atoms with Gasteiger partial charge in [-0.05, 0) is 30.9 Å². The molecular formula is C19H21NO6. The van der Waals surface area contributed by atoms with E-state index in [1.54, 1.807) is 23.1 Å². The minimum Gasteiger partial charge on any atom is -0.493 e. The van der Waals surface area contributed by atoms with Crippen LogP contribution in [0.1, 0.15) is 30.1 Å². The zero-order valence-corrected chi connectivity index (χ0v) is 14.8. The number of rotatable bonds is 4. The molecule has 0 bridgehead atoms. The second-order valence-corrected chi connectivity index (χ2v) is 6.49. The number of hydrogen-bond acceptors (Lipinski definition) is 6. The molecule has 1 unspecified atom stereocenters. The van der Waals surface area contributed by atoms with Gasteiger partial charge in [-0.25, -0.2) is 9.59 Å². The van der Waals surface area contributed by atoms with Gasteiger partial charge in [0.2, 0.25) is 0 Å². The van der Waals surface area contributed by atoms with Crippen LogP contribution in [-0.2, 0) is 9.53 Å². The van der Waals surface area contributed by atoms with Gasteiger partial charge in [-0.3, -0.25) is 4.79 Å². The van der Waals surface area contributed by atoms with E-state index in [1.807, 2.05) is 0 Å². The first-order chi connectivity index (χ1) is 12.5. The summed E-state index contributed by atoms with van der Waals surface area (Å²) in [4.78, 5) is 38.2. The molecule has 26 heavy (non-hydrogen) atoms. The third kappa shape index (κ3) is 3.71. The molecule has 1 fully saturated rings. The number of methoxy groups -OCH3 is 1. The minimum absolute atomic E-state index is 0.245. The van der Waals surface area contributed by atoms with Gasteiger partial charge >= 0.3 is 11.6 Å². The van der Waals surface area contributed by atoms with E-state index in [9.17, 15) is 14.4 Å². The predicted octanol–water partition coefficient (Wildman–Crippen LogP) is 2.22. The Bertz CT molecular complexity index is 887. The van der Waals surface area contributed by atoms with Crippen molar-refractivity contribution in [2.75, 3.05) is 26.8 Å². The zero-order valence-electron chi connectivity index (χ0n) is 14.8. The van der Waals surface area contributed by atoms with Gasteiger partial charge in [0.15, 0.2) is 17.9 Å². The Morgan fingerprint density at radius 3 is 2.88 bits per heavy atom. The molecule has 1 aliphatic rings. The first-order valence-electron chi connectivity index (χ1n) is 8.55. The van der Waals surface area contributed by atoms with Gasteiger partial charge in [0.1, 0.15) is 5.56 Å². The normalized spacial score (nSPS) is 17.2. The van der Waals surface area contributed by atoms with Crippen LogP contribution < -0.4 is 10.4 Å². The van der Waals surface area contributed by atoms with Crippen molar-refractivity contribution in [1.29, 1.82) is 0 Å². The fraction of sp³-hybridized carbons (Fsp3) is 0.421. The third-order valence-electron chi connectivity index (χ3n) is 4.50. The number of benzene rings is 1. The molecule has 1 amide bonds. The van der Waals surface area contributed by atoms with Crippen molar-refractivity contribution in [3.05, 3.63) is 40.2 Å². The van der Waals surface area contributed by atoms with Gasteiger partial charge in [-0.15, -0.1) is 0 Å². The maximum Gasteiger partial charge on any atom is 0.351 e. The van der Waals surface area contributed by atoms with E-state index < -0.39 is 11.6 Å². The maximum atomic E-state index is 12.2. The van der Waals surface area contributed by atoms with Crippen LogP contribution in [0.3, 0.4) is 0 Å². The highest BCUT2D eigenvalue weighted by molar-refractivity contribution is 5.95. The van der Waals surface area contributed by atoms with Crippen LogP contribution >= 0.6 is 0 Å². The molecule has 1 aliphatic heterocycles. The van der Waals surface area contributed by atoms with E-state index >= 15 is 0 Å². The highest BCUT2D eigenvalue weighted by Gasteiger charge is 2.23. The van der Waals surface area contributed by atoms with Gasteiger partial charge in [0, 0.05) is 18.5 Å². The van der Waals surface area contributed by atoms with E-state index in [1.165, 1.54) is 13.2 Å². The summed E-state index contributed by atoms with van der Waals surface area (Å²) in [5.74, 6) is -0.293. The lowest BCUT2D eigenvalue weighted by Gasteiger charge is -2.30. The number of nitrogens with zero attached hydrogens (tertiary/aromatic N) is 1. The second kappa shape index (κ2) is 7.59. The van der Waals surface area contributed by atoms with Crippen LogP contribution in [0.15, 0.2) is 33.5 Å². The Balaban J connectivity index is 1.72. The number of likely N-dealkylation sites (tertiary alicyclic amines) is 1. The highest BCUT2D eigenvalue weighted by atomic mass is 16.5. The summed E-state index contributed by atoms with van der Waals surface area (Å²) in [6, 6.07) is 6.45. The van der Waals surface area contributed by atoms with Crippen molar-refractivity contribution < 1.29 is 23.5 Å². The Kier molecular flexibility index (Phi) is 5.25. The second-order valence-electron chi connectivity index (χ2n) is 6.49. The van der Waals surface area contributed by atoms with Crippen molar-refractivity contribution in [3.63, 3.8) is 0 Å². The monoisotopic (exact) mass is 359 g/mol. The molecule has 1 aromatic heterocycles. The summed E-state index contributed by atoms with van der Waals surface area (Å²) in [6.07, 6.45) is 2.03. The Hall–Kier alpha value is -2.83. The molecule has 3 rings (SSSR count). The number of hydrogen-bond donors (Lipinski definition) is 0. The molecule has 1 saturated heterocycles. The first-order valence-corrected chi connectivity index (χ1v) is 8.55. The van der Waals surface area contributed by atoms with Crippen LogP contribution in [0.2, 0.25) is 0 Å². The molecule has 0 saturated carbocycles. The van der Waals surface area contributed by atoms with E-state index in [4.69, 9.17) is 13.9 Å². The summed E-state index contributed by atoms with van der Waals surface area (Å²) in [5, 5.41) is 0.534. The molecule has 1 aromatic carbocycles. The van der Waals surface area contributed by atoms with Crippen molar-refractivity contribution >= 4 is 22.8 Å². The largest absolute Gasteiger partial charge is 0.493 e. The average Bonchev–Trinajstić information content (AvgIpc) is 2.64. The number of amides is 1. The average molecular weight is 359 g/mol. The summed E-state index contributed by atoms with van der Waals surface area (Å²) in [5.41, 5.74) is -0.813. The van der Waals surface area contributed by atoms with Crippen LogP contribution in [0, 0.1) is 5.92 Å². The lowest BCUT2D eigenvalue weighted by atomic mass is 10.0. The summed E-state index contributed by atoms with van der Waals surface area (Å²) >= 11 is 0. The zero-order chi connectivity index (χ0) is 18.7. The highest BCUT2D eigenvalue weighted by Crippen LogP contribution is 2.24. The van der Waals surface area contributed by atoms with Crippen LogP contribution in [0.25, 0.3) is 11.0 Å². The van der Waals surface area contributed by atoms with Gasteiger partial charge in [-0.1, -0.05) is 19.1 Å². The number of carbonyl (C=O) groups is 2. The molecule has 138 valence electrons. The topological polar surface area (TPSA) is 86.0 Å². The number of carbonyl (C=O) groups excluding carboxylic acids is 2. The Morgan fingerprint density at radius 1 is 1.35 bits per heavy atom. The van der Waals surface area contributed by atoms with Gasteiger partial charge < -0.3 is 18.8 Å². The summed E-state index contributed by atoms with van der Waals surface area (Å²) < 4.78 is 15.4. The number of esters is 1. The van der Waals surface area contributed by atoms with Gasteiger partial charge in [0.25, 0.3) is 5.91 Å². The van der Waals surface area contributed by atoms with Crippen LogP contribution in [0.4, 0.5) is 0 Å². The minimum atomic E-state index is -0.873. The van der Waals surface area contributed by atoms with E-state index in [0.29, 0.717) is 30.1 Å². The molecule has 7 heteroatoms. The quantitative estimate of drug-likeness (QED) is 0.615. The predicted molar refractivity (Wildman–Crippen MR) is 94.3 cm³/mol. The SMILES string of the molecule is COc1cccc2cc(C(=O)OCC(=O)N3CCCC(C)C3)c(=O)oc12. The number of fused-ring (bicyclic) bond motifs is 1. The molecule has 0 spiro atoms. The van der Waals surface area contributed by atoms with Gasteiger partial charge in [0.05, 0.1) is 7.11 Å². The molecule has 0 N–H and O–H groups in total. The van der Waals surface area contributed by atoms with E-state index in [-0.39, 0.29) is 23.7 Å². The van der Waals surface area contributed by atoms with Crippen molar-refractivity contribution in [1.82, 2.24) is 4.90 Å². The molecule has 2 aromatic rings. The van der Waals surface area contributed by atoms with Crippen LogP contribution in [-0.4, -0.2) is 43.6 Å². The molecular weight excluding hydrogens is 338 g/mol. The summed E-state index contributed by atoms with van der Waals surface area (Å²) in [6.45, 7) is 3.02. The maximum absolute atomic E-state index is 12.2. The van der Waals surface area contributed by atoms with Crippen molar-refractivity contribution in [2.45, 2.75) is 19.8 Å². The Morgan fingerprint density at radius 2 is 2.15 bits per heavy atom. The lowest BCUT2D eigenvalue weighted by Crippen LogP contribution is -2.41. The first kappa shape index (κ1) is 18.0. The van der Waals surface area contributed by atoms with Crippen molar-refractivity contribution in [2.24, 2.45) is 5.92 Å². The Labute approximate surface area is 150 Å². The molecule has 7 nitrogen and oxygen atoms in total. The molecule has 1 atom stereocenters. The fourth-order valence-corrected chi connectivity index (χ4v) is 3.13. The fourth-order valence-electron chi connectivity index (χ4n) is 3.13. The number of para-hydroxylation sites is 1. The molecule has 2 heterocycles. The van der Waals surface area contributed by atoms with Crippen molar-refractivity contribution in [3.8, 4) is 5.75 Å². The van der Waals surface area contributed by atoms with E-state index in [2.05, 4.69) is 6.92 Å². The third-order valence-corrected chi connectivity index (χ3v) is 4.50. The standard InChI is InChI=1S/C19H21NO6/c1-12-5-4-8-20(10-12)16(21)11-25-18(22)14-9-13-6-3-7-15(24-2)17(13)26-19(14)23/h3,6-7,9,12H,4-5,8,10-11H2,1-2H3. The lowest BCUT2D eigenvalue weighted by molar-refractivity contribution is -0.136. The smallest absolute Gasteiger partial charge is 0.351 e. The number of ether oxygens (including phenoxy) is 2. The molecule has 0 aliphatic carbocycles. The van der Waals surface area contributed by atoms with E-state index in [0.717, 1.165) is 12.8 Å². The van der Waals surface area contributed by atoms with Crippen LogP contribution in [0.5, 0.6) is 5.75 Å². The van der Waals surface area contributed by atoms with Gasteiger partial charge in [-0.2, -0.15) is 0 Å². The summed E-state index contributed by atoms with van der Waals surface area (Å²) in [7, 11) is 1.46. The number of piperidine rings is 1. The molecule has 0 radical (unpaired) electrons.